The van der Waals surface area contributed by atoms with Crippen molar-refractivity contribution in [3.05, 3.63) is 89.8 Å². The van der Waals surface area contributed by atoms with E-state index in [9.17, 15) is 4.79 Å². The zero-order valence-corrected chi connectivity index (χ0v) is 15.3. The SMILES string of the molecule is COc1cccc(C(=O)Nc2ccc(C=Cc3nc4ccccc4o3)cc2)c1. The molecule has 0 atom stereocenters. The highest BCUT2D eigenvalue weighted by atomic mass is 16.5. The summed E-state index contributed by atoms with van der Waals surface area (Å²) in [6.07, 6.45) is 3.74. The Morgan fingerprint density at radius 2 is 1.82 bits per heavy atom. The monoisotopic (exact) mass is 370 g/mol. The van der Waals surface area contributed by atoms with Gasteiger partial charge >= 0.3 is 0 Å². The van der Waals surface area contributed by atoms with E-state index in [-0.39, 0.29) is 5.91 Å². The van der Waals surface area contributed by atoms with Gasteiger partial charge in [0.2, 0.25) is 5.89 Å². The van der Waals surface area contributed by atoms with Crippen molar-refractivity contribution in [2.75, 3.05) is 12.4 Å². The molecule has 1 aromatic heterocycles. The average Bonchev–Trinajstić information content (AvgIpc) is 3.16. The number of ether oxygens (including phenoxy) is 1. The molecular formula is C23H18N2O3. The summed E-state index contributed by atoms with van der Waals surface area (Å²) in [5, 5.41) is 2.88. The first-order chi connectivity index (χ1) is 13.7. The zero-order chi connectivity index (χ0) is 19.3. The summed E-state index contributed by atoms with van der Waals surface area (Å²) in [5.74, 6) is 1.01. The molecule has 28 heavy (non-hydrogen) atoms. The highest BCUT2D eigenvalue weighted by molar-refractivity contribution is 6.04. The normalized spacial score (nSPS) is 11.0. The number of amides is 1. The summed E-state index contributed by atoms with van der Waals surface area (Å²) in [5.41, 5.74) is 3.82. The lowest BCUT2D eigenvalue weighted by atomic mass is 10.1. The molecule has 5 heteroatoms. The van der Waals surface area contributed by atoms with E-state index in [4.69, 9.17) is 9.15 Å². The molecule has 3 aromatic carbocycles. The Bertz CT molecular complexity index is 1110. The molecule has 0 aliphatic carbocycles. The number of hydrogen-bond donors (Lipinski definition) is 1. The number of carbonyl (C=O) groups is 1. The van der Waals surface area contributed by atoms with Crippen LogP contribution in [0.5, 0.6) is 5.75 Å². The van der Waals surface area contributed by atoms with Gasteiger partial charge < -0.3 is 14.5 Å². The van der Waals surface area contributed by atoms with Crippen molar-refractivity contribution in [1.29, 1.82) is 0 Å². The summed E-state index contributed by atoms with van der Waals surface area (Å²) in [6.45, 7) is 0. The van der Waals surface area contributed by atoms with Crippen molar-refractivity contribution in [2.24, 2.45) is 0 Å². The van der Waals surface area contributed by atoms with E-state index >= 15 is 0 Å². The number of benzene rings is 3. The number of hydrogen-bond acceptors (Lipinski definition) is 4. The van der Waals surface area contributed by atoms with Gasteiger partial charge in [-0.25, -0.2) is 4.98 Å². The van der Waals surface area contributed by atoms with Gasteiger partial charge in [0, 0.05) is 17.3 Å². The zero-order valence-electron chi connectivity index (χ0n) is 15.3. The predicted octanol–water partition coefficient (Wildman–Crippen LogP) is 5.26. The van der Waals surface area contributed by atoms with Gasteiger partial charge in [-0.05, 0) is 54.1 Å². The second-order valence-electron chi connectivity index (χ2n) is 6.16. The quantitative estimate of drug-likeness (QED) is 0.520. The van der Waals surface area contributed by atoms with Gasteiger partial charge in [-0.1, -0.05) is 30.3 Å². The van der Waals surface area contributed by atoms with Gasteiger partial charge in [0.15, 0.2) is 5.58 Å². The van der Waals surface area contributed by atoms with Crippen molar-refractivity contribution >= 4 is 34.8 Å². The Balaban J connectivity index is 1.43. The van der Waals surface area contributed by atoms with Crippen LogP contribution in [0.4, 0.5) is 5.69 Å². The van der Waals surface area contributed by atoms with Gasteiger partial charge in [0.25, 0.3) is 5.91 Å². The second kappa shape index (κ2) is 7.80. The van der Waals surface area contributed by atoms with E-state index in [1.807, 2.05) is 60.7 Å². The smallest absolute Gasteiger partial charge is 0.255 e. The van der Waals surface area contributed by atoms with E-state index in [2.05, 4.69) is 10.3 Å². The third-order valence-electron chi connectivity index (χ3n) is 4.23. The van der Waals surface area contributed by atoms with Gasteiger partial charge in [0.1, 0.15) is 11.3 Å². The Morgan fingerprint density at radius 1 is 1.00 bits per heavy atom. The Labute approximate surface area is 162 Å². The molecule has 4 rings (SSSR count). The van der Waals surface area contributed by atoms with E-state index in [0.717, 1.165) is 16.7 Å². The van der Waals surface area contributed by atoms with Gasteiger partial charge in [-0.2, -0.15) is 0 Å². The molecule has 1 heterocycles. The summed E-state index contributed by atoms with van der Waals surface area (Å²) in [4.78, 5) is 16.8. The minimum absolute atomic E-state index is 0.186. The van der Waals surface area contributed by atoms with E-state index in [1.54, 1.807) is 31.4 Å². The Hall–Kier alpha value is -3.86. The highest BCUT2D eigenvalue weighted by Gasteiger charge is 2.07. The molecule has 0 aliphatic rings. The number of nitrogens with zero attached hydrogens (tertiary/aromatic N) is 1. The Kier molecular flexibility index (Phi) is 4.89. The maximum absolute atomic E-state index is 12.4. The minimum atomic E-state index is -0.186. The molecule has 0 bridgehead atoms. The maximum Gasteiger partial charge on any atom is 0.255 e. The van der Waals surface area contributed by atoms with Crippen LogP contribution in [0.25, 0.3) is 23.3 Å². The summed E-state index contributed by atoms with van der Waals surface area (Å²) >= 11 is 0. The molecule has 0 saturated heterocycles. The van der Waals surface area contributed by atoms with Crippen molar-refractivity contribution in [3.8, 4) is 5.75 Å². The summed E-state index contributed by atoms with van der Waals surface area (Å²) < 4.78 is 10.8. The summed E-state index contributed by atoms with van der Waals surface area (Å²) in [6, 6.07) is 22.2. The fourth-order valence-corrected chi connectivity index (χ4v) is 2.77. The number of rotatable bonds is 5. The van der Waals surface area contributed by atoms with Crippen LogP contribution in [0.15, 0.2) is 77.2 Å². The fourth-order valence-electron chi connectivity index (χ4n) is 2.77. The van der Waals surface area contributed by atoms with Crippen molar-refractivity contribution in [2.45, 2.75) is 0 Å². The van der Waals surface area contributed by atoms with Crippen LogP contribution in [0.2, 0.25) is 0 Å². The second-order valence-corrected chi connectivity index (χ2v) is 6.16. The largest absolute Gasteiger partial charge is 0.497 e. The number of aromatic nitrogens is 1. The number of methoxy groups -OCH3 is 1. The number of para-hydroxylation sites is 2. The predicted molar refractivity (Wildman–Crippen MR) is 110 cm³/mol. The lowest BCUT2D eigenvalue weighted by Gasteiger charge is -2.07. The van der Waals surface area contributed by atoms with Crippen LogP contribution in [0.3, 0.4) is 0 Å². The first kappa shape index (κ1) is 17.5. The minimum Gasteiger partial charge on any atom is -0.497 e. The lowest BCUT2D eigenvalue weighted by Crippen LogP contribution is -2.11. The van der Waals surface area contributed by atoms with Crippen molar-refractivity contribution in [1.82, 2.24) is 4.98 Å². The third-order valence-corrected chi connectivity index (χ3v) is 4.23. The van der Waals surface area contributed by atoms with Gasteiger partial charge in [-0.15, -0.1) is 0 Å². The van der Waals surface area contributed by atoms with E-state index in [0.29, 0.717) is 22.9 Å². The third kappa shape index (κ3) is 3.94. The lowest BCUT2D eigenvalue weighted by molar-refractivity contribution is 0.102. The molecule has 0 saturated carbocycles. The van der Waals surface area contributed by atoms with Crippen LogP contribution in [0, 0.1) is 0 Å². The average molecular weight is 370 g/mol. The van der Waals surface area contributed by atoms with Crippen LogP contribution >= 0.6 is 0 Å². The van der Waals surface area contributed by atoms with Gasteiger partial charge in [0.05, 0.1) is 7.11 Å². The van der Waals surface area contributed by atoms with E-state index < -0.39 is 0 Å². The molecule has 0 aliphatic heterocycles. The van der Waals surface area contributed by atoms with Crippen LogP contribution in [-0.2, 0) is 0 Å². The molecule has 0 radical (unpaired) electrons. The fraction of sp³-hybridized carbons (Fsp3) is 0.0435. The molecule has 0 unspecified atom stereocenters. The molecule has 4 aromatic rings. The molecule has 0 spiro atoms. The number of anilines is 1. The first-order valence-corrected chi connectivity index (χ1v) is 8.80. The maximum atomic E-state index is 12.4. The number of fused-ring (bicyclic) bond motifs is 1. The molecule has 1 N–H and O–H groups in total. The molecule has 138 valence electrons. The molecular weight excluding hydrogens is 352 g/mol. The summed E-state index contributed by atoms with van der Waals surface area (Å²) in [7, 11) is 1.57. The topological polar surface area (TPSA) is 64.4 Å². The number of oxazole rings is 1. The Morgan fingerprint density at radius 3 is 2.61 bits per heavy atom. The van der Waals surface area contributed by atoms with Crippen LogP contribution in [-0.4, -0.2) is 18.0 Å². The van der Waals surface area contributed by atoms with E-state index in [1.165, 1.54) is 0 Å². The number of carbonyl (C=O) groups excluding carboxylic acids is 1. The molecule has 0 fully saturated rings. The standard InChI is InChI=1S/C23H18N2O3/c1-27-19-6-4-5-17(15-19)23(26)24-18-12-9-16(10-13-18)11-14-22-25-20-7-2-3-8-21(20)28-22/h2-15H,1H3,(H,24,26). The van der Waals surface area contributed by atoms with Crippen LogP contribution < -0.4 is 10.1 Å². The molecule has 5 nitrogen and oxygen atoms in total. The van der Waals surface area contributed by atoms with Crippen LogP contribution in [0.1, 0.15) is 21.8 Å². The first-order valence-electron chi connectivity index (χ1n) is 8.80. The van der Waals surface area contributed by atoms with Gasteiger partial charge in [-0.3, -0.25) is 4.79 Å². The van der Waals surface area contributed by atoms with Crippen molar-refractivity contribution < 1.29 is 13.9 Å². The van der Waals surface area contributed by atoms with Crippen molar-refractivity contribution in [3.63, 3.8) is 0 Å². The molecule has 1 amide bonds. The number of nitrogens with one attached hydrogen (secondary N) is 1. The highest BCUT2D eigenvalue weighted by Crippen LogP contribution is 2.18.